The Kier molecular flexibility index (Phi) is 5.23. The minimum Gasteiger partial charge on any atom is -0.486 e. The molecule has 2 aliphatic heterocycles. The molecule has 184 valence electrons. The molecule has 4 heterocycles. The van der Waals surface area contributed by atoms with Gasteiger partial charge in [0.2, 0.25) is 0 Å². The summed E-state index contributed by atoms with van der Waals surface area (Å²) in [6, 6.07) is 14.2. The van der Waals surface area contributed by atoms with Crippen molar-refractivity contribution in [2.75, 3.05) is 19.8 Å². The Morgan fingerprint density at radius 2 is 1.78 bits per heavy atom. The third-order valence-corrected chi connectivity index (χ3v) is 7.79. The fraction of sp³-hybridized carbons (Fsp3) is 0.407. The predicted molar refractivity (Wildman–Crippen MR) is 133 cm³/mol. The van der Waals surface area contributed by atoms with Crippen LogP contribution in [-0.4, -0.2) is 49.8 Å². The van der Waals surface area contributed by atoms with Crippen molar-refractivity contribution in [3.63, 3.8) is 0 Å². The molecule has 1 atom stereocenters. The van der Waals surface area contributed by atoms with Crippen molar-refractivity contribution in [2.45, 2.75) is 50.7 Å². The summed E-state index contributed by atoms with van der Waals surface area (Å²) in [6.45, 7) is 2.57. The second-order valence-electron chi connectivity index (χ2n) is 9.95. The number of hydrogen-bond acceptors (Lipinski definition) is 7. The van der Waals surface area contributed by atoms with E-state index in [4.69, 9.17) is 9.47 Å². The summed E-state index contributed by atoms with van der Waals surface area (Å²) in [6.07, 6.45) is 5.39. The molecule has 0 radical (unpaired) electrons. The number of aromatic nitrogens is 5. The molecule has 0 saturated heterocycles. The molecule has 7 rings (SSSR count). The van der Waals surface area contributed by atoms with Crippen LogP contribution >= 0.6 is 0 Å². The van der Waals surface area contributed by atoms with Crippen molar-refractivity contribution in [2.24, 2.45) is 0 Å². The van der Waals surface area contributed by atoms with E-state index in [2.05, 4.69) is 49.7 Å². The van der Waals surface area contributed by atoms with Crippen LogP contribution in [0.5, 0.6) is 11.5 Å². The fourth-order valence-corrected chi connectivity index (χ4v) is 5.99. The van der Waals surface area contributed by atoms with Crippen molar-refractivity contribution >= 4 is 10.9 Å². The fourth-order valence-electron chi connectivity index (χ4n) is 5.99. The first-order valence-electron chi connectivity index (χ1n) is 12.8. The molecular formula is C27H28N6O3. The Balaban J connectivity index is 1.37. The molecule has 1 N–H and O–H groups in total. The first kappa shape index (κ1) is 21.6. The molecule has 0 spiro atoms. The summed E-state index contributed by atoms with van der Waals surface area (Å²) < 4.78 is 13.5. The molecule has 1 saturated carbocycles. The van der Waals surface area contributed by atoms with Crippen LogP contribution in [0.4, 0.5) is 0 Å². The molecule has 1 unspecified atom stereocenters. The van der Waals surface area contributed by atoms with Crippen LogP contribution in [0.15, 0.2) is 47.3 Å². The van der Waals surface area contributed by atoms with Gasteiger partial charge < -0.3 is 14.5 Å². The second kappa shape index (κ2) is 8.74. The maximum absolute atomic E-state index is 13.6. The Morgan fingerprint density at radius 3 is 2.61 bits per heavy atom. The summed E-state index contributed by atoms with van der Waals surface area (Å²) in [7, 11) is 0. The van der Waals surface area contributed by atoms with E-state index in [0.717, 1.165) is 49.1 Å². The monoisotopic (exact) mass is 484 g/mol. The quantitative estimate of drug-likeness (QED) is 0.473. The number of ether oxygens (including phenoxy) is 2. The van der Waals surface area contributed by atoms with Gasteiger partial charge in [0.25, 0.3) is 5.56 Å². The zero-order chi connectivity index (χ0) is 24.1. The van der Waals surface area contributed by atoms with Crippen LogP contribution in [0.1, 0.15) is 60.3 Å². The van der Waals surface area contributed by atoms with Crippen molar-refractivity contribution < 1.29 is 9.47 Å². The molecule has 2 aromatic heterocycles. The van der Waals surface area contributed by atoms with Gasteiger partial charge in [-0.3, -0.25) is 9.69 Å². The lowest BCUT2D eigenvalue weighted by molar-refractivity contribution is 0.172. The molecule has 0 bridgehead atoms. The Hall–Kier alpha value is -3.72. The first-order chi connectivity index (χ1) is 17.7. The number of rotatable bonds is 4. The van der Waals surface area contributed by atoms with Crippen LogP contribution < -0.4 is 15.0 Å². The number of pyridine rings is 1. The van der Waals surface area contributed by atoms with Crippen molar-refractivity contribution in [3.05, 3.63) is 75.3 Å². The topological polar surface area (TPSA) is 98.2 Å². The Bertz CT molecular complexity index is 1490. The van der Waals surface area contributed by atoms with Gasteiger partial charge in [-0.25, -0.2) is 4.68 Å². The van der Waals surface area contributed by atoms with Gasteiger partial charge in [-0.15, -0.1) is 5.10 Å². The minimum absolute atomic E-state index is 0.135. The predicted octanol–water partition coefficient (Wildman–Crippen LogP) is 3.55. The van der Waals surface area contributed by atoms with Crippen LogP contribution in [0.25, 0.3) is 10.9 Å². The van der Waals surface area contributed by atoms with Gasteiger partial charge in [0.15, 0.2) is 17.3 Å². The molecule has 36 heavy (non-hydrogen) atoms. The Labute approximate surface area is 208 Å². The second-order valence-corrected chi connectivity index (χ2v) is 9.95. The number of nitrogens with one attached hydrogen (secondary N) is 1. The molecule has 1 aliphatic carbocycles. The first-order valence-corrected chi connectivity index (χ1v) is 12.8. The van der Waals surface area contributed by atoms with E-state index in [-0.39, 0.29) is 17.6 Å². The van der Waals surface area contributed by atoms with E-state index < -0.39 is 0 Å². The van der Waals surface area contributed by atoms with Crippen molar-refractivity contribution in [1.82, 2.24) is 30.1 Å². The van der Waals surface area contributed by atoms with Gasteiger partial charge in [0, 0.05) is 30.1 Å². The SMILES string of the molecule is O=c1[nH]c2cc3c(cc2cc1C(c1nnnn1C1CCCC1)N1CCc2ccccc2C1)OCCO3. The van der Waals surface area contributed by atoms with E-state index in [9.17, 15) is 4.79 Å². The average Bonchev–Trinajstić information content (AvgIpc) is 3.60. The maximum atomic E-state index is 13.6. The Morgan fingerprint density at radius 1 is 1.00 bits per heavy atom. The molecule has 1 fully saturated rings. The lowest BCUT2D eigenvalue weighted by Crippen LogP contribution is -2.39. The highest BCUT2D eigenvalue weighted by atomic mass is 16.6. The van der Waals surface area contributed by atoms with E-state index in [1.54, 1.807) is 0 Å². The molecule has 2 aromatic carbocycles. The van der Waals surface area contributed by atoms with E-state index in [1.807, 2.05) is 22.9 Å². The number of tetrazole rings is 1. The zero-order valence-electron chi connectivity index (χ0n) is 20.0. The van der Waals surface area contributed by atoms with Crippen LogP contribution in [0, 0.1) is 0 Å². The highest BCUT2D eigenvalue weighted by Gasteiger charge is 2.34. The smallest absolute Gasteiger partial charge is 0.253 e. The summed E-state index contributed by atoms with van der Waals surface area (Å²) in [5, 5.41) is 13.9. The number of hydrogen-bond donors (Lipinski definition) is 1. The molecule has 3 aliphatic rings. The summed E-state index contributed by atoms with van der Waals surface area (Å²) in [4.78, 5) is 19.1. The van der Waals surface area contributed by atoms with Crippen LogP contribution in [0.3, 0.4) is 0 Å². The van der Waals surface area contributed by atoms with Gasteiger partial charge in [-0.05, 0) is 52.9 Å². The van der Waals surface area contributed by atoms with Gasteiger partial charge in [0.1, 0.15) is 19.3 Å². The molecular weight excluding hydrogens is 456 g/mol. The minimum atomic E-state index is -0.365. The van der Waals surface area contributed by atoms with E-state index in [0.29, 0.717) is 30.3 Å². The highest BCUT2D eigenvalue weighted by Crippen LogP contribution is 2.38. The molecule has 9 nitrogen and oxygen atoms in total. The number of fused-ring (bicyclic) bond motifs is 3. The van der Waals surface area contributed by atoms with E-state index >= 15 is 0 Å². The van der Waals surface area contributed by atoms with Crippen molar-refractivity contribution in [1.29, 1.82) is 0 Å². The number of nitrogens with zero attached hydrogens (tertiary/aromatic N) is 5. The third-order valence-electron chi connectivity index (χ3n) is 7.79. The number of aromatic amines is 1. The van der Waals surface area contributed by atoms with Gasteiger partial charge in [0.05, 0.1) is 11.6 Å². The van der Waals surface area contributed by atoms with Crippen molar-refractivity contribution in [3.8, 4) is 11.5 Å². The summed E-state index contributed by atoms with van der Waals surface area (Å²) >= 11 is 0. The van der Waals surface area contributed by atoms with E-state index in [1.165, 1.54) is 24.0 Å². The normalized spacial score (nSPS) is 18.9. The summed E-state index contributed by atoms with van der Waals surface area (Å²) in [5.41, 5.74) is 3.88. The third kappa shape index (κ3) is 3.65. The standard InChI is InChI=1S/C27H28N6O3/c34-27-21(13-19-14-23-24(15-22(19)28-27)36-12-11-35-23)25(26-29-30-31-33(26)20-7-3-4-8-20)32-10-9-17-5-1-2-6-18(17)16-32/h1-2,5-6,13-15,20,25H,3-4,7-12,16H2,(H,28,34). The molecule has 9 heteroatoms. The van der Waals surface area contributed by atoms with Gasteiger partial charge in [-0.1, -0.05) is 37.1 Å². The molecule has 4 aromatic rings. The van der Waals surface area contributed by atoms with Crippen LogP contribution in [-0.2, 0) is 13.0 Å². The largest absolute Gasteiger partial charge is 0.486 e. The zero-order valence-corrected chi connectivity index (χ0v) is 20.0. The van der Waals surface area contributed by atoms with Gasteiger partial charge >= 0.3 is 0 Å². The summed E-state index contributed by atoms with van der Waals surface area (Å²) in [5.74, 6) is 2.10. The lowest BCUT2D eigenvalue weighted by atomic mass is 9.95. The average molecular weight is 485 g/mol. The molecule has 0 amide bonds. The van der Waals surface area contributed by atoms with Gasteiger partial charge in [-0.2, -0.15) is 0 Å². The maximum Gasteiger partial charge on any atom is 0.253 e. The highest BCUT2D eigenvalue weighted by molar-refractivity contribution is 5.83. The number of H-pyrrole nitrogens is 1. The lowest BCUT2D eigenvalue weighted by Gasteiger charge is -2.35. The number of benzene rings is 2. The van der Waals surface area contributed by atoms with Crippen LogP contribution in [0.2, 0.25) is 0 Å².